The van der Waals surface area contributed by atoms with E-state index in [0.29, 0.717) is 37.2 Å². The van der Waals surface area contributed by atoms with Crippen molar-refractivity contribution in [3.63, 3.8) is 0 Å². The van der Waals surface area contributed by atoms with E-state index in [9.17, 15) is 27.9 Å². The van der Waals surface area contributed by atoms with Crippen molar-refractivity contribution < 1.29 is 32.6 Å². The van der Waals surface area contributed by atoms with Crippen LogP contribution in [0.15, 0.2) is 53.4 Å². The first kappa shape index (κ1) is 30.1. The van der Waals surface area contributed by atoms with Crippen molar-refractivity contribution in [2.75, 3.05) is 40.8 Å². The van der Waals surface area contributed by atoms with Crippen LogP contribution in [-0.2, 0) is 26.0 Å². The third-order valence-electron chi connectivity index (χ3n) is 6.51. The zero-order valence-electron chi connectivity index (χ0n) is 22.7. The molecule has 0 saturated carbocycles. The van der Waals surface area contributed by atoms with Crippen LogP contribution >= 0.6 is 0 Å². The molecular formula is C27H36N4O7S. The Morgan fingerprint density at radius 3 is 2.28 bits per heavy atom. The first-order valence-corrected chi connectivity index (χ1v) is 14.1. The number of nitrogens with one attached hydrogen (secondary N) is 1. The van der Waals surface area contributed by atoms with Gasteiger partial charge in [0.15, 0.2) is 0 Å². The molecule has 212 valence electrons. The SMILES string of the molecule is Cc1ccc(S(=O)(=O)N2CCC[C@H]2C(=O)N[C@@H](Cc2ccc(OC(=O)N(C)CCN(C)C)cc2)C(=O)O)cc1. The van der Waals surface area contributed by atoms with Crippen molar-refractivity contribution in [1.82, 2.24) is 19.4 Å². The van der Waals surface area contributed by atoms with E-state index in [2.05, 4.69) is 5.32 Å². The monoisotopic (exact) mass is 560 g/mol. The van der Waals surface area contributed by atoms with E-state index >= 15 is 0 Å². The van der Waals surface area contributed by atoms with E-state index in [1.54, 1.807) is 43.4 Å². The summed E-state index contributed by atoms with van der Waals surface area (Å²) in [6, 6.07) is 10.5. The molecular weight excluding hydrogens is 524 g/mol. The molecule has 1 saturated heterocycles. The molecule has 39 heavy (non-hydrogen) atoms. The third-order valence-corrected chi connectivity index (χ3v) is 8.43. The molecule has 0 aliphatic carbocycles. The largest absolute Gasteiger partial charge is 0.480 e. The fourth-order valence-corrected chi connectivity index (χ4v) is 5.81. The van der Waals surface area contributed by atoms with Gasteiger partial charge in [-0.1, -0.05) is 29.8 Å². The van der Waals surface area contributed by atoms with Crippen molar-refractivity contribution in [3.05, 3.63) is 59.7 Å². The number of benzene rings is 2. The Labute approximate surface area is 229 Å². The van der Waals surface area contributed by atoms with Crippen LogP contribution in [0.3, 0.4) is 0 Å². The van der Waals surface area contributed by atoms with Crippen LogP contribution in [0.5, 0.6) is 5.75 Å². The minimum Gasteiger partial charge on any atom is -0.480 e. The molecule has 0 radical (unpaired) electrons. The molecule has 1 aliphatic heterocycles. The van der Waals surface area contributed by atoms with Gasteiger partial charge in [0.1, 0.15) is 17.8 Å². The van der Waals surface area contributed by atoms with E-state index in [1.807, 2.05) is 25.9 Å². The maximum absolute atomic E-state index is 13.2. The number of hydrogen-bond donors (Lipinski definition) is 2. The molecule has 12 heteroatoms. The lowest BCUT2D eigenvalue weighted by Crippen LogP contribution is -2.51. The molecule has 11 nitrogen and oxygen atoms in total. The van der Waals surface area contributed by atoms with Gasteiger partial charge in [-0.05, 0) is 63.7 Å². The van der Waals surface area contributed by atoms with Crippen LogP contribution in [-0.4, -0.2) is 98.5 Å². The quantitative estimate of drug-likeness (QED) is 0.426. The standard InChI is InChI=1S/C27H36N4O7S/c1-19-7-13-22(14-8-19)39(36,37)31-15-5-6-24(31)25(32)28-23(26(33)34)18-20-9-11-21(12-10-20)38-27(35)30(4)17-16-29(2)3/h7-14,23-24H,5-6,15-18H2,1-4H3,(H,28,32)(H,33,34)/t23-,24-/m0/s1. The normalized spacial score (nSPS) is 16.6. The highest BCUT2D eigenvalue weighted by Crippen LogP contribution is 2.26. The molecule has 1 aliphatic rings. The number of hydrogen-bond acceptors (Lipinski definition) is 7. The molecule has 1 fully saturated rings. The van der Waals surface area contributed by atoms with Gasteiger partial charge in [-0.3, -0.25) is 4.79 Å². The molecule has 0 bridgehead atoms. The van der Waals surface area contributed by atoms with E-state index in [-0.39, 0.29) is 17.9 Å². The lowest BCUT2D eigenvalue weighted by Gasteiger charge is -2.25. The average Bonchev–Trinajstić information content (AvgIpc) is 3.39. The van der Waals surface area contributed by atoms with Gasteiger partial charge in [-0.15, -0.1) is 0 Å². The molecule has 2 N–H and O–H groups in total. The van der Waals surface area contributed by atoms with E-state index in [4.69, 9.17) is 4.74 Å². The van der Waals surface area contributed by atoms with Gasteiger partial charge in [-0.2, -0.15) is 4.31 Å². The summed E-state index contributed by atoms with van der Waals surface area (Å²) in [5.41, 5.74) is 1.51. The Hall–Kier alpha value is -3.48. The number of ether oxygens (including phenoxy) is 1. The summed E-state index contributed by atoms with van der Waals surface area (Å²) < 4.78 is 32.9. The van der Waals surface area contributed by atoms with Gasteiger partial charge in [0, 0.05) is 33.1 Å². The molecule has 3 rings (SSSR count). The molecule has 0 aromatic heterocycles. The number of aryl methyl sites for hydroxylation is 1. The highest BCUT2D eigenvalue weighted by molar-refractivity contribution is 7.89. The van der Waals surface area contributed by atoms with Gasteiger partial charge in [-0.25, -0.2) is 18.0 Å². The number of carboxylic acids is 1. The molecule has 2 amide bonds. The van der Waals surface area contributed by atoms with E-state index < -0.39 is 40.1 Å². The van der Waals surface area contributed by atoms with Crippen LogP contribution in [0, 0.1) is 6.92 Å². The Kier molecular flexibility index (Phi) is 10.1. The number of carbonyl (C=O) groups excluding carboxylic acids is 2. The summed E-state index contributed by atoms with van der Waals surface area (Å²) >= 11 is 0. The summed E-state index contributed by atoms with van der Waals surface area (Å²) in [7, 11) is 1.53. The Balaban J connectivity index is 1.63. The zero-order valence-corrected chi connectivity index (χ0v) is 23.5. The number of carbonyl (C=O) groups is 3. The summed E-state index contributed by atoms with van der Waals surface area (Å²) in [4.78, 5) is 40.8. The predicted molar refractivity (Wildman–Crippen MR) is 145 cm³/mol. The van der Waals surface area contributed by atoms with Crippen molar-refractivity contribution in [1.29, 1.82) is 0 Å². The Morgan fingerprint density at radius 2 is 1.69 bits per heavy atom. The maximum Gasteiger partial charge on any atom is 0.415 e. The second-order valence-electron chi connectivity index (χ2n) is 9.93. The minimum atomic E-state index is -3.92. The smallest absolute Gasteiger partial charge is 0.415 e. The van der Waals surface area contributed by atoms with Crippen molar-refractivity contribution in [2.24, 2.45) is 0 Å². The van der Waals surface area contributed by atoms with Crippen LogP contribution in [0.4, 0.5) is 4.79 Å². The van der Waals surface area contributed by atoms with Gasteiger partial charge in [0.05, 0.1) is 4.90 Å². The maximum atomic E-state index is 13.2. The minimum absolute atomic E-state index is 0.0323. The lowest BCUT2D eigenvalue weighted by molar-refractivity contribution is -0.142. The molecule has 2 atom stereocenters. The Bertz CT molecular complexity index is 1260. The van der Waals surface area contributed by atoms with Crippen molar-refractivity contribution in [2.45, 2.75) is 43.2 Å². The molecule has 1 heterocycles. The number of likely N-dealkylation sites (N-methyl/N-ethyl adjacent to an activating group) is 2. The first-order valence-electron chi connectivity index (χ1n) is 12.7. The van der Waals surface area contributed by atoms with E-state index in [1.165, 1.54) is 17.0 Å². The number of rotatable bonds is 11. The zero-order chi connectivity index (χ0) is 28.7. The third kappa shape index (κ3) is 8.01. The van der Waals surface area contributed by atoms with Gasteiger partial charge >= 0.3 is 12.1 Å². The number of amides is 2. The van der Waals surface area contributed by atoms with E-state index in [0.717, 1.165) is 9.87 Å². The summed E-state index contributed by atoms with van der Waals surface area (Å²) in [5, 5.41) is 12.3. The number of aliphatic carboxylic acids is 1. The molecule has 2 aromatic carbocycles. The number of sulfonamides is 1. The fourth-order valence-electron chi connectivity index (χ4n) is 4.15. The van der Waals surface area contributed by atoms with Gasteiger partial charge in [0.25, 0.3) is 0 Å². The lowest BCUT2D eigenvalue weighted by atomic mass is 10.1. The Morgan fingerprint density at radius 1 is 1.05 bits per heavy atom. The number of carboxylic acid groups (broad SMARTS) is 1. The molecule has 0 unspecified atom stereocenters. The molecule has 0 spiro atoms. The second-order valence-corrected chi connectivity index (χ2v) is 11.8. The topological polar surface area (TPSA) is 137 Å². The van der Waals surface area contributed by atoms with Crippen LogP contribution in [0.25, 0.3) is 0 Å². The number of nitrogens with zero attached hydrogens (tertiary/aromatic N) is 3. The van der Waals surface area contributed by atoms with Crippen LogP contribution in [0.1, 0.15) is 24.0 Å². The average molecular weight is 561 g/mol. The highest BCUT2D eigenvalue weighted by atomic mass is 32.2. The first-order chi connectivity index (χ1) is 18.4. The highest BCUT2D eigenvalue weighted by Gasteiger charge is 2.40. The van der Waals surface area contributed by atoms with Crippen LogP contribution < -0.4 is 10.1 Å². The van der Waals surface area contributed by atoms with Crippen LogP contribution in [0.2, 0.25) is 0 Å². The summed E-state index contributed by atoms with van der Waals surface area (Å²) in [6.07, 6.45) is 0.245. The molecule has 2 aromatic rings. The second kappa shape index (κ2) is 13.0. The van der Waals surface area contributed by atoms with Crippen molar-refractivity contribution >= 4 is 28.0 Å². The van der Waals surface area contributed by atoms with Crippen molar-refractivity contribution in [3.8, 4) is 5.75 Å². The summed E-state index contributed by atoms with van der Waals surface area (Å²) in [5.74, 6) is -1.59. The fraction of sp³-hybridized carbons (Fsp3) is 0.444. The van der Waals surface area contributed by atoms with Gasteiger partial charge < -0.3 is 25.0 Å². The van der Waals surface area contributed by atoms with Gasteiger partial charge in [0.2, 0.25) is 15.9 Å². The predicted octanol–water partition coefficient (Wildman–Crippen LogP) is 1.95. The summed E-state index contributed by atoms with van der Waals surface area (Å²) in [6.45, 7) is 3.20.